The van der Waals surface area contributed by atoms with Crippen LogP contribution in [-0.2, 0) is 16.0 Å². The number of rotatable bonds is 2. The maximum atomic E-state index is 5.72. The second kappa shape index (κ2) is 5.11. The SMILES string of the molecule is c1ccc2sc(CN3CCOCC34CCOC4)cc2c1. The van der Waals surface area contributed by atoms with E-state index in [4.69, 9.17) is 9.47 Å². The summed E-state index contributed by atoms with van der Waals surface area (Å²) in [4.78, 5) is 4.02. The van der Waals surface area contributed by atoms with Crippen LogP contribution in [0.25, 0.3) is 10.1 Å². The fourth-order valence-corrected chi connectivity index (χ4v) is 4.35. The Bertz CT molecular complexity index is 570. The van der Waals surface area contributed by atoms with E-state index in [1.54, 1.807) is 0 Å². The minimum Gasteiger partial charge on any atom is -0.379 e. The van der Waals surface area contributed by atoms with E-state index in [1.165, 1.54) is 15.0 Å². The normalized spacial score (nSPS) is 27.6. The minimum atomic E-state index is 0.119. The summed E-state index contributed by atoms with van der Waals surface area (Å²) in [6.07, 6.45) is 1.10. The van der Waals surface area contributed by atoms with E-state index in [1.807, 2.05) is 11.3 Å². The van der Waals surface area contributed by atoms with Gasteiger partial charge in [0.15, 0.2) is 0 Å². The quantitative estimate of drug-likeness (QED) is 0.848. The van der Waals surface area contributed by atoms with Crippen molar-refractivity contribution in [3.05, 3.63) is 35.2 Å². The van der Waals surface area contributed by atoms with Crippen molar-refractivity contribution in [2.45, 2.75) is 18.5 Å². The van der Waals surface area contributed by atoms with Gasteiger partial charge in [-0.2, -0.15) is 0 Å². The molecule has 1 spiro atoms. The lowest BCUT2D eigenvalue weighted by molar-refractivity contribution is -0.0745. The first-order valence-electron chi connectivity index (χ1n) is 7.24. The monoisotopic (exact) mass is 289 g/mol. The Labute approximate surface area is 123 Å². The molecule has 20 heavy (non-hydrogen) atoms. The highest BCUT2D eigenvalue weighted by Gasteiger charge is 2.43. The first-order chi connectivity index (χ1) is 9.86. The van der Waals surface area contributed by atoms with Crippen molar-refractivity contribution in [1.29, 1.82) is 0 Å². The van der Waals surface area contributed by atoms with E-state index in [2.05, 4.69) is 35.2 Å². The molecule has 3 heterocycles. The second-order valence-electron chi connectivity index (χ2n) is 5.75. The summed E-state index contributed by atoms with van der Waals surface area (Å²) in [6, 6.07) is 11.0. The molecule has 2 fully saturated rings. The standard InChI is InChI=1S/C16H19NO2S/c1-2-4-15-13(3-1)9-14(20-15)10-17-6-8-19-12-16(17)5-7-18-11-16/h1-4,9H,5-8,10-12H2. The molecule has 1 unspecified atom stereocenters. The van der Waals surface area contributed by atoms with Crippen LogP contribution in [0, 0.1) is 0 Å². The third kappa shape index (κ3) is 2.17. The molecule has 106 valence electrons. The average Bonchev–Trinajstić information content (AvgIpc) is 3.08. The van der Waals surface area contributed by atoms with Crippen LogP contribution in [0.2, 0.25) is 0 Å². The molecule has 2 saturated heterocycles. The van der Waals surface area contributed by atoms with Gasteiger partial charge in [-0.05, 0) is 23.9 Å². The second-order valence-corrected chi connectivity index (χ2v) is 6.92. The fraction of sp³-hybridized carbons (Fsp3) is 0.500. The number of thiophene rings is 1. The molecule has 1 aromatic heterocycles. The van der Waals surface area contributed by atoms with Crippen molar-refractivity contribution >= 4 is 21.4 Å². The van der Waals surface area contributed by atoms with Gasteiger partial charge >= 0.3 is 0 Å². The number of fused-ring (bicyclic) bond motifs is 1. The van der Waals surface area contributed by atoms with Crippen LogP contribution in [0.1, 0.15) is 11.3 Å². The molecular weight excluding hydrogens is 270 g/mol. The molecular formula is C16H19NO2S. The van der Waals surface area contributed by atoms with Crippen molar-refractivity contribution in [1.82, 2.24) is 4.90 Å². The zero-order valence-electron chi connectivity index (χ0n) is 11.5. The van der Waals surface area contributed by atoms with Crippen LogP contribution >= 0.6 is 11.3 Å². The zero-order chi connectivity index (χ0) is 13.4. The summed E-state index contributed by atoms with van der Waals surface area (Å²) >= 11 is 1.91. The van der Waals surface area contributed by atoms with Gasteiger partial charge in [0.2, 0.25) is 0 Å². The smallest absolute Gasteiger partial charge is 0.0704 e. The molecule has 0 bridgehead atoms. The average molecular weight is 289 g/mol. The van der Waals surface area contributed by atoms with Gasteiger partial charge in [0.25, 0.3) is 0 Å². The molecule has 0 radical (unpaired) electrons. The van der Waals surface area contributed by atoms with E-state index in [0.717, 1.165) is 45.9 Å². The number of morpholine rings is 1. The van der Waals surface area contributed by atoms with Crippen molar-refractivity contribution in [3.8, 4) is 0 Å². The molecule has 2 aromatic rings. The molecule has 4 rings (SSSR count). The topological polar surface area (TPSA) is 21.7 Å². The van der Waals surface area contributed by atoms with E-state index < -0.39 is 0 Å². The summed E-state index contributed by atoms with van der Waals surface area (Å²) in [7, 11) is 0. The number of hydrogen-bond donors (Lipinski definition) is 0. The highest BCUT2D eigenvalue weighted by Crippen LogP contribution is 2.33. The Morgan fingerprint density at radius 3 is 2.85 bits per heavy atom. The molecule has 0 amide bonds. The van der Waals surface area contributed by atoms with E-state index in [9.17, 15) is 0 Å². The van der Waals surface area contributed by atoms with E-state index >= 15 is 0 Å². The molecule has 0 saturated carbocycles. The predicted octanol–water partition coefficient (Wildman–Crippen LogP) is 2.89. The molecule has 2 aliphatic rings. The lowest BCUT2D eigenvalue weighted by atomic mass is 9.96. The van der Waals surface area contributed by atoms with Crippen LogP contribution in [0.5, 0.6) is 0 Å². The lowest BCUT2D eigenvalue weighted by Crippen LogP contribution is -2.56. The first kappa shape index (κ1) is 12.8. The maximum Gasteiger partial charge on any atom is 0.0704 e. The highest BCUT2D eigenvalue weighted by atomic mass is 32.1. The first-order valence-corrected chi connectivity index (χ1v) is 8.05. The van der Waals surface area contributed by atoms with Gasteiger partial charge in [-0.15, -0.1) is 11.3 Å². The van der Waals surface area contributed by atoms with Gasteiger partial charge in [-0.3, -0.25) is 4.90 Å². The Morgan fingerprint density at radius 1 is 1.15 bits per heavy atom. The van der Waals surface area contributed by atoms with Gasteiger partial charge in [0.1, 0.15) is 0 Å². The molecule has 3 nitrogen and oxygen atoms in total. The maximum absolute atomic E-state index is 5.72. The van der Waals surface area contributed by atoms with Crippen LogP contribution in [-0.4, -0.2) is 43.4 Å². The summed E-state index contributed by atoms with van der Waals surface area (Å²) in [5.74, 6) is 0. The molecule has 0 N–H and O–H groups in total. The summed E-state index contributed by atoms with van der Waals surface area (Å²) < 4.78 is 12.7. The van der Waals surface area contributed by atoms with Gasteiger partial charge in [-0.25, -0.2) is 0 Å². The summed E-state index contributed by atoms with van der Waals surface area (Å²) in [5.41, 5.74) is 0.119. The van der Waals surface area contributed by atoms with Gasteiger partial charge in [0, 0.05) is 29.3 Å². The van der Waals surface area contributed by atoms with Crippen molar-refractivity contribution in [2.24, 2.45) is 0 Å². The van der Waals surface area contributed by atoms with Crippen molar-refractivity contribution < 1.29 is 9.47 Å². The highest BCUT2D eigenvalue weighted by molar-refractivity contribution is 7.19. The predicted molar refractivity (Wildman–Crippen MR) is 81.2 cm³/mol. The van der Waals surface area contributed by atoms with Gasteiger partial charge < -0.3 is 9.47 Å². The van der Waals surface area contributed by atoms with Gasteiger partial charge in [0.05, 0.1) is 25.4 Å². The molecule has 2 aliphatic heterocycles. The van der Waals surface area contributed by atoms with Gasteiger partial charge in [-0.1, -0.05) is 18.2 Å². The van der Waals surface area contributed by atoms with Crippen molar-refractivity contribution in [3.63, 3.8) is 0 Å². The molecule has 4 heteroatoms. The third-order valence-electron chi connectivity index (χ3n) is 4.45. The summed E-state index contributed by atoms with van der Waals surface area (Å²) in [5, 5.41) is 1.36. The number of nitrogens with zero attached hydrogens (tertiary/aromatic N) is 1. The Kier molecular flexibility index (Phi) is 3.27. The largest absolute Gasteiger partial charge is 0.379 e. The molecule has 0 aliphatic carbocycles. The Balaban J connectivity index is 1.60. The van der Waals surface area contributed by atoms with E-state index in [-0.39, 0.29) is 5.54 Å². The Morgan fingerprint density at radius 2 is 2.00 bits per heavy atom. The zero-order valence-corrected chi connectivity index (χ0v) is 12.3. The number of ether oxygens (including phenoxy) is 2. The Hall–Kier alpha value is -0.940. The van der Waals surface area contributed by atoms with E-state index in [0.29, 0.717) is 0 Å². The van der Waals surface area contributed by atoms with Crippen LogP contribution < -0.4 is 0 Å². The summed E-state index contributed by atoms with van der Waals surface area (Å²) in [6.45, 7) is 5.37. The van der Waals surface area contributed by atoms with Crippen molar-refractivity contribution in [2.75, 3.05) is 33.0 Å². The van der Waals surface area contributed by atoms with Crippen LogP contribution in [0.3, 0.4) is 0 Å². The van der Waals surface area contributed by atoms with Crippen LogP contribution in [0.4, 0.5) is 0 Å². The minimum absolute atomic E-state index is 0.119. The molecule has 1 aromatic carbocycles. The number of benzene rings is 1. The van der Waals surface area contributed by atoms with Crippen LogP contribution in [0.15, 0.2) is 30.3 Å². The third-order valence-corrected chi connectivity index (χ3v) is 5.55. The lowest BCUT2D eigenvalue weighted by Gasteiger charge is -2.43. The fourth-order valence-electron chi connectivity index (χ4n) is 3.27. The number of hydrogen-bond acceptors (Lipinski definition) is 4. The molecule has 1 atom stereocenters.